The van der Waals surface area contributed by atoms with E-state index in [2.05, 4.69) is 6.92 Å². The quantitative estimate of drug-likeness (QED) is 0.461. The Bertz CT molecular complexity index is 204. The van der Waals surface area contributed by atoms with E-state index in [-0.39, 0.29) is 0 Å². The lowest BCUT2D eigenvalue weighted by Crippen LogP contribution is -1.97. The zero-order valence-corrected chi connectivity index (χ0v) is 12.6. The maximum Gasteiger partial charge on any atom is 0.303 e. The summed E-state index contributed by atoms with van der Waals surface area (Å²) in [6.45, 7) is 2.54. The monoisotopic (exact) mass is 272 g/mol. The minimum Gasteiger partial charge on any atom is -0.481 e. The Morgan fingerprint density at radius 2 is 1.32 bits per heavy atom. The Kier molecular flexibility index (Phi) is 13.4. The standard InChI is InChI=1S/C16H32O3/c1-15(13-14-17)11-9-7-5-3-2-4-6-8-10-12-16(18)19/h15,17H,2-14H2,1H3,(H,18,19). The molecule has 0 fully saturated rings. The van der Waals surface area contributed by atoms with Gasteiger partial charge in [0.1, 0.15) is 0 Å². The van der Waals surface area contributed by atoms with Crippen LogP contribution in [0.5, 0.6) is 0 Å². The summed E-state index contributed by atoms with van der Waals surface area (Å²) in [6, 6.07) is 0. The summed E-state index contributed by atoms with van der Waals surface area (Å²) < 4.78 is 0. The summed E-state index contributed by atoms with van der Waals surface area (Å²) >= 11 is 0. The van der Waals surface area contributed by atoms with E-state index < -0.39 is 5.97 Å². The molecule has 0 radical (unpaired) electrons. The van der Waals surface area contributed by atoms with Crippen molar-refractivity contribution in [2.75, 3.05) is 6.61 Å². The van der Waals surface area contributed by atoms with Crippen molar-refractivity contribution >= 4 is 5.97 Å². The Balaban J connectivity index is 3.04. The smallest absolute Gasteiger partial charge is 0.303 e. The molecule has 0 heterocycles. The first-order valence-corrected chi connectivity index (χ1v) is 7.99. The fourth-order valence-electron chi connectivity index (χ4n) is 2.37. The predicted octanol–water partition coefficient (Wildman–Crippen LogP) is 4.38. The molecule has 114 valence electrons. The number of carboxylic acids is 1. The second kappa shape index (κ2) is 13.9. The van der Waals surface area contributed by atoms with Crippen molar-refractivity contribution in [3.63, 3.8) is 0 Å². The molecule has 3 nitrogen and oxygen atoms in total. The van der Waals surface area contributed by atoms with Gasteiger partial charge in [0.15, 0.2) is 0 Å². The molecule has 2 N–H and O–H groups in total. The van der Waals surface area contributed by atoms with E-state index in [9.17, 15) is 4.79 Å². The average molecular weight is 272 g/mol. The van der Waals surface area contributed by atoms with Crippen molar-refractivity contribution in [3.05, 3.63) is 0 Å². The molecule has 0 aromatic carbocycles. The number of rotatable bonds is 14. The first-order chi connectivity index (χ1) is 9.16. The van der Waals surface area contributed by atoms with E-state index in [0.717, 1.165) is 19.3 Å². The highest BCUT2D eigenvalue weighted by Gasteiger charge is 2.00. The summed E-state index contributed by atoms with van der Waals surface area (Å²) in [4.78, 5) is 10.3. The number of aliphatic hydroxyl groups is 1. The van der Waals surface area contributed by atoms with Gasteiger partial charge in [-0.25, -0.2) is 0 Å². The number of aliphatic carboxylic acids is 1. The molecule has 3 heteroatoms. The van der Waals surface area contributed by atoms with E-state index in [0.29, 0.717) is 18.9 Å². The van der Waals surface area contributed by atoms with Crippen LogP contribution in [-0.4, -0.2) is 22.8 Å². The fraction of sp³-hybridized carbons (Fsp3) is 0.938. The zero-order chi connectivity index (χ0) is 14.3. The van der Waals surface area contributed by atoms with E-state index >= 15 is 0 Å². The number of aliphatic hydroxyl groups excluding tert-OH is 1. The molecule has 0 amide bonds. The van der Waals surface area contributed by atoms with Crippen LogP contribution in [-0.2, 0) is 4.79 Å². The van der Waals surface area contributed by atoms with Crippen LogP contribution in [0, 0.1) is 5.92 Å². The molecule has 0 rings (SSSR count). The molecule has 0 spiro atoms. The molecule has 0 aromatic heterocycles. The maximum atomic E-state index is 10.3. The third-order valence-corrected chi connectivity index (χ3v) is 3.71. The SMILES string of the molecule is CC(CCO)CCCCCCCCCCCC(=O)O. The Labute approximate surface area is 118 Å². The zero-order valence-electron chi connectivity index (χ0n) is 12.6. The Hall–Kier alpha value is -0.570. The highest BCUT2D eigenvalue weighted by molar-refractivity contribution is 5.66. The minimum absolute atomic E-state index is 0.322. The van der Waals surface area contributed by atoms with Gasteiger partial charge in [-0.2, -0.15) is 0 Å². The van der Waals surface area contributed by atoms with Gasteiger partial charge >= 0.3 is 5.97 Å². The number of carboxylic acid groups (broad SMARTS) is 1. The number of unbranched alkanes of at least 4 members (excludes halogenated alkanes) is 8. The molecule has 0 aliphatic heterocycles. The molecule has 0 bridgehead atoms. The second-order valence-corrected chi connectivity index (χ2v) is 5.73. The second-order valence-electron chi connectivity index (χ2n) is 5.73. The molecule has 0 saturated carbocycles. The van der Waals surface area contributed by atoms with E-state index in [1.54, 1.807) is 0 Å². The Morgan fingerprint density at radius 3 is 1.79 bits per heavy atom. The lowest BCUT2D eigenvalue weighted by molar-refractivity contribution is -0.137. The van der Waals surface area contributed by atoms with Gasteiger partial charge in [0.25, 0.3) is 0 Å². The third kappa shape index (κ3) is 15.4. The van der Waals surface area contributed by atoms with Gasteiger partial charge in [-0.1, -0.05) is 64.7 Å². The molecule has 0 saturated heterocycles. The fourth-order valence-corrected chi connectivity index (χ4v) is 2.37. The van der Waals surface area contributed by atoms with Crippen LogP contribution in [0.1, 0.15) is 84.0 Å². The predicted molar refractivity (Wildman–Crippen MR) is 79.3 cm³/mol. The van der Waals surface area contributed by atoms with Crippen molar-refractivity contribution in [2.45, 2.75) is 84.0 Å². The van der Waals surface area contributed by atoms with Crippen molar-refractivity contribution in [1.29, 1.82) is 0 Å². The van der Waals surface area contributed by atoms with Crippen molar-refractivity contribution in [2.24, 2.45) is 5.92 Å². The van der Waals surface area contributed by atoms with Crippen LogP contribution in [0.4, 0.5) is 0 Å². The summed E-state index contributed by atoms with van der Waals surface area (Å²) in [5.41, 5.74) is 0. The molecule has 0 aliphatic carbocycles. The summed E-state index contributed by atoms with van der Waals surface area (Å²) in [7, 11) is 0. The van der Waals surface area contributed by atoms with E-state index in [4.69, 9.17) is 10.2 Å². The van der Waals surface area contributed by atoms with Crippen LogP contribution in [0.2, 0.25) is 0 Å². The molecule has 0 aliphatic rings. The maximum absolute atomic E-state index is 10.3. The number of carbonyl (C=O) groups is 1. The van der Waals surface area contributed by atoms with Crippen molar-refractivity contribution in [1.82, 2.24) is 0 Å². The summed E-state index contributed by atoms with van der Waals surface area (Å²) in [6.07, 6.45) is 13.4. The third-order valence-electron chi connectivity index (χ3n) is 3.71. The van der Waals surface area contributed by atoms with Gasteiger partial charge in [0.05, 0.1) is 0 Å². The van der Waals surface area contributed by atoms with Crippen LogP contribution in [0.15, 0.2) is 0 Å². The van der Waals surface area contributed by atoms with Gasteiger partial charge < -0.3 is 10.2 Å². The van der Waals surface area contributed by atoms with Gasteiger partial charge in [-0.15, -0.1) is 0 Å². The normalized spacial score (nSPS) is 12.5. The number of hydrogen-bond donors (Lipinski definition) is 2. The average Bonchev–Trinajstić information content (AvgIpc) is 2.36. The topological polar surface area (TPSA) is 57.5 Å². The highest BCUT2D eigenvalue weighted by atomic mass is 16.4. The molecular weight excluding hydrogens is 240 g/mol. The first kappa shape index (κ1) is 18.4. The Morgan fingerprint density at radius 1 is 0.842 bits per heavy atom. The van der Waals surface area contributed by atoms with Gasteiger partial charge in [0.2, 0.25) is 0 Å². The van der Waals surface area contributed by atoms with Gasteiger partial charge in [0, 0.05) is 13.0 Å². The molecule has 0 aromatic rings. The van der Waals surface area contributed by atoms with Gasteiger partial charge in [-0.05, 0) is 18.8 Å². The minimum atomic E-state index is -0.671. The molecule has 1 atom stereocenters. The van der Waals surface area contributed by atoms with Crippen LogP contribution < -0.4 is 0 Å². The molecule has 19 heavy (non-hydrogen) atoms. The summed E-state index contributed by atoms with van der Waals surface area (Å²) in [5, 5.41) is 17.3. The lowest BCUT2D eigenvalue weighted by Gasteiger charge is -2.08. The number of hydrogen-bond acceptors (Lipinski definition) is 2. The van der Waals surface area contributed by atoms with Crippen molar-refractivity contribution in [3.8, 4) is 0 Å². The molecular formula is C16H32O3. The van der Waals surface area contributed by atoms with Gasteiger partial charge in [-0.3, -0.25) is 4.79 Å². The lowest BCUT2D eigenvalue weighted by atomic mass is 9.99. The van der Waals surface area contributed by atoms with E-state index in [1.807, 2.05) is 0 Å². The van der Waals surface area contributed by atoms with Crippen LogP contribution in [0.25, 0.3) is 0 Å². The highest BCUT2D eigenvalue weighted by Crippen LogP contribution is 2.15. The van der Waals surface area contributed by atoms with E-state index in [1.165, 1.54) is 51.4 Å². The summed E-state index contributed by atoms with van der Waals surface area (Å²) in [5.74, 6) is -0.00494. The first-order valence-electron chi connectivity index (χ1n) is 7.99. The largest absolute Gasteiger partial charge is 0.481 e. The van der Waals surface area contributed by atoms with Crippen molar-refractivity contribution < 1.29 is 15.0 Å². The van der Waals surface area contributed by atoms with Crippen LogP contribution in [0.3, 0.4) is 0 Å². The van der Waals surface area contributed by atoms with Crippen LogP contribution >= 0.6 is 0 Å². The molecule has 1 unspecified atom stereocenters.